The molecule has 3 unspecified atom stereocenters. The lowest BCUT2D eigenvalue weighted by atomic mass is 9.66. The van der Waals surface area contributed by atoms with Crippen molar-refractivity contribution in [3.8, 4) is 0 Å². The van der Waals surface area contributed by atoms with Gasteiger partial charge in [-0.3, -0.25) is 14.4 Å². The lowest BCUT2D eigenvalue weighted by Gasteiger charge is -2.41. The number of nitrogens with zero attached hydrogens (tertiary/aromatic N) is 2. The van der Waals surface area contributed by atoms with Crippen LogP contribution in [0.25, 0.3) is 0 Å². The number of allylic oxidation sites excluding steroid dienone is 1. The molecule has 2 bridgehead atoms. The zero-order chi connectivity index (χ0) is 29.8. The second-order valence-electron chi connectivity index (χ2n) is 12.0. The Labute approximate surface area is 244 Å². The molecule has 8 nitrogen and oxygen atoms in total. The SMILES string of the molecule is C=CCCCCOC(=O)[C@@H]1[C@H]2C(=O)N([C@H](CO)c3ccccc3)C(C(=O)N(CC=C)C(C)CCC)C23CC[C@@]1(C)O3. The molecule has 7 atom stereocenters. The second-order valence-corrected chi connectivity index (χ2v) is 12.0. The van der Waals surface area contributed by atoms with E-state index in [0.29, 0.717) is 25.8 Å². The third-order valence-corrected chi connectivity index (χ3v) is 9.29. The van der Waals surface area contributed by atoms with Crippen molar-refractivity contribution in [2.75, 3.05) is 19.8 Å². The molecule has 1 aromatic rings. The van der Waals surface area contributed by atoms with Crippen molar-refractivity contribution >= 4 is 17.8 Å². The fourth-order valence-electron chi connectivity index (χ4n) is 7.38. The summed E-state index contributed by atoms with van der Waals surface area (Å²) >= 11 is 0. The monoisotopic (exact) mass is 566 g/mol. The van der Waals surface area contributed by atoms with Crippen molar-refractivity contribution in [3.63, 3.8) is 0 Å². The first-order valence-corrected chi connectivity index (χ1v) is 15.1. The summed E-state index contributed by atoms with van der Waals surface area (Å²) in [6.07, 6.45) is 8.60. The van der Waals surface area contributed by atoms with Crippen molar-refractivity contribution in [1.82, 2.24) is 9.80 Å². The van der Waals surface area contributed by atoms with Gasteiger partial charge in [0.15, 0.2) is 0 Å². The van der Waals surface area contributed by atoms with E-state index in [1.54, 1.807) is 11.0 Å². The summed E-state index contributed by atoms with van der Waals surface area (Å²) in [7, 11) is 0. The van der Waals surface area contributed by atoms with Gasteiger partial charge in [0.05, 0.1) is 30.8 Å². The maximum atomic E-state index is 14.6. The third-order valence-electron chi connectivity index (χ3n) is 9.29. The Kier molecular flexibility index (Phi) is 9.75. The molecule has 0 aliphatic carbocycles. The number of benzene rings is 1. The summed E-state index contributed by atoms with van der Waals surface area (Å²) in [5, 5.41) is 10.7. The van der Waals surface area contributed by atoms with Gasteiger partial charge in [0.2, 0.25) is 11.8 Å². The van der Waals surface area contributed by atoms with Gasteiger partial charge in [0.1, 0.15) is 17.6 Å². The maximum absolute atomic E-state index is 14.6. The standard InChI is InChI=1S/C33H46N2O6/c1-6-9-10-14-21-40-31(39)27-26-29(37)35(25(22-36)24-16-12-11-13-17-24)28(33(26)19-18-32(27,5)41-33)30(38)34(20-8-3)23(4)15-7-2/h6,8,11-13,16-17,23,25-28,36H,1,3,7,9-10,14-15,18-22H2,2,4-5H3/t23?,25-,26+,27+,28?,32-,33?/m1/s1. The minimum Gasteiger partial charge on any atom is -0.465 e. The topological polar surface area (TPSA) is 96.4 Å². The van der Waals surface area contributed by atoms with Crippen LogP contribution < -0.4 is 0 Å². The Balaban J connectivity index is 1.77. The van der Waals surface area contributed by atoms with Gasteiger partial charge in [-0.2, -0.15) is 0 Å². The molecule has 1 spiro atoms. The summed E-state index contributed by atoms with van der Waals surface area (Å²) in [5.41, 5.74) is -1.39. The summed E-state index contributed by atoms with van der Waals surface area (Å²) in [6, 6.07) is 7.39. The van der Waals surface area contributed by atoms with Gasteiger partial charge in [-0.05, 0) is 57.9 Å². The van der Waals surface area contributed by atoms with Crippen molar-refractivity contribution in [2.24, 2.45) is 11.8 Å². The average Bonchev–Trinajstić information content (AvgIpc) is 3.53. The molecule has 1 N–H and O–H groups in total. The van der Waals surface area contributed by atoms with Crippen LogP contribution in [0.2, 0.25) is 0 Å². The normalized spacial score (nSPS) is 29.6. The van der Waals surface area contributed by atoms with E-state index >= 15 is 0 Å². The number of hydrogen-bond donors (Lipinski definition) is 1. The number of esters is 1. The second kappa shape index (κ2) is 12.9. The fourth-order valence-corrected chi connectivity index (χ4v) is 7.38. The molecule has 1 aromatic carbocycles. The smallest absolute Gasteiger partial charge is 0.312 e. The number of hydrogen-bond acceptors (Lipinski definition) is 6. The van der Waals surface area contributed by atoms with Crippen molar-refractivity contribution < 1.29 is 29.0 Å². The van der Waals surface area contributed by atoms with Gasteiger partial charge in [0, 0.05) is 12.6 Å². The van der Waals surface area contributed by atoms with Crippen LogP contribution in [0.15, 0.2) is 55.6 Å². The zero-order valence-electron chi connectivity index (χ0n) is 24.8. The maximum Gasteiger partial charge on any atom is 0.312 e. The van der Waals surface area contributed by atoms with E-state index in [-0.39, 0.29) is 31.1 Å². The van der Waals surface area contributed by atoms with Gasteiger partial charge in [-0.25, -0.2) is 0 Å². The fraction of sp³-hybridized carbons (Fsp3) is 0.606. The molecule has 3 aliphatic rings. The van der Waals surface area contributed by atoms with Crippen LogP contribution >= 0.6 is 0 Å². The Morgan fingerprint density at radius 3 is 2.59 bits per heavy atom. The Hall–Kier alpha value is -2.97. The number of rotatable bonds is 15. The Bertz CT molecular complexity index is 1120. The van der Waals surface area contributed by atoms with Gasteiger partial charge < -0.3 is 24.4 Å². The summed E-state index contributed by atoms with van der Waals surface area (Å²) in [4.78, 5) is 46.1. The molecule has 0 saturated carbocycles. The number of carbonyl (C=O) groups is 3. The number of aliphatic hydroxyl groups is 1. The minimum atomic E-state index is -1.19. The van der Waals surface area contributed by atoms with Gasteiger partial charge in [-0.15, -0.1) is 13.2 Å². The molecule has 41 heavy (non-hydrogen) atoms. The molecule has 3 aliphatic heterocycles. The minimum absolute atomic E-state index is 0.0901. The summed E-state index contributed by atoms with van der Waals surface area (Å²) in [6.45, 7) is 13.8. The number of aliphatic hydroxyl groups excluding tert-OH is 1. The molecule has 8 heteroatoms. The first-order chi connectivity index (χ1) is 19.7. The predicted molar refractivity (Wildman–Crippen MR) is 157 cm³/mol. The van der Waals surface area contributed by atoms with Crippen LogP contribution in [0.5, 0.6) is 0 Å². The number of fused-ring (bicyclic) bond motifs is 1. The number of unbranched alkanes of at least 4 members (excludes halogenated alkanes) is 2. The number of carbonyl (C=O) groups excluding carboxylic acids is 3. The van der Waals surface area contributed by atoms with E-state index in [2.05, 4.69) is 20.1 Å². The van der Waals surface area contributed by atoms with Crippen molar-refractivity contribution in [1.29, 1.82) is 0 Å². The predicted octanol–water partition coefficient (Wildman–Crippen LogP) is 4.59. The molecule has 3 heterocycles. The third kappa shape index (κ3) is 5.48. The van der Waals surface area contributed by atoms with E-state index in [9.17, 15) is 19.5 Å². The average molecular weight is 567 g/mol. The number of likely N-dealkylation sites (tertiary alicyclic amines) is 1. The van der Waals surface area contributed by atoms with Crippen molar-refractivity contribution in [3.05, 3.63) is 61.2 Å². The van der Waals surface area contributed by atoms with Crippen LogP contribution in [0.4, 0.5) is 0 Å². The van der Waals surface area contributed by atoms with Crippen molar-refractivity contribution in [2.45, 2.75) is 95.0 Å². The van der Waals surface area contributed by atoms with Gasteiger partial charge in [0.25, 0.3) is 0 Å². The lowest BCUT2D eigenvalue weighted by Crippen LogP contribution is -2.58. The largest absolute Gasteiger partial charge is 0.465 e. The first-order valence-electron chi connectivity index (χ1n) is 15.1. The lowest BCUT2D eigenvalue weighted by molar-refractivity contribution is -0.162. The quantitative estimate of drug-likeness (QED) is 0.190. The van der Waals surface area contributed by atoms with Gasteiger partial charge >= 0.3 is 5.97 Å². The van der Waals surface area contributed by atoms with Gasteiger partial charge in [-0.1, -0.05) is 55.8 Å². The van der Waals surface area contributed by atoms with E-state index in [4.69, 9.17) is 9.47 Å². The number of ether oxygens (including phenoxy) is 2. The molecule has 3 saturated heterocycles. The zero-order valence-corrected chi connectivity index (χ0v) is 24.8. The molecule has 3 fully saturated rings. The van der Waals surface area contributed by atoms with Crippen LogP contribution in [0.3, 0.4) is 0 Å². The van der Waals surface area contributed by atoms with Crippen LogP contribution in [-0.4, -0.2) is 75.7 Å². The molecule has 224 valence electrons. The summed E-state index contributed by atoms with van der Waals surface area (Å²) in [5.74, 6) is -2.74. The highest BCUT2D eigenvalue weighted by molar-refractivity contribution is 5.99. The summed E-state index contributed by atoms with van der Waals surface area (Å²) < 4.78 is 12.5. The molecular weight excluding hydrogens is 520 g/mol. The number of amides is 2. The highest BCUT2D eigenvalue weighted by atomic mass is 16.6. The van der Waals surface area contributed by atoms with E-state index in [1.807, 2.05) is 50.3 Å². The van der Waals surface area contributed by atoms with E-state index in [1.165, 1.54) is 4.90 Å². The molecular formula is C33H46N2O6. The highest BCUT2D eigenvalue weighted by Gasteiger charge is 2.79. The molecule has 0 aromatic heterocycles. The Morgan fingerprint density at radius 2 is 1.95 bits per heavy atom. The van der Waals surface area contributed by atoms with E-state index in [0.717, 1.165) is 31.2 Å². The molecule has 0 radical (unpaired) electrons. The molecule has 4 rings (SSSR count). The van der Waals surface area contributed by atoms with Crippen LogP contribution in [0, 0.1) is 11.8 Å². The highest BCUT2D eigenvalue weighted by Crippen LogP contribution is 2.64. The Morgan fingerprint density at radius 1 is 1.22 bits per heavy atom. The molecule has 2 amide bonds. The van der Waals surface area contributed by atoms with E-state index < -0.39 is 41.1 Å². The van der Waals surface area contributed by atoms with Crippen LogP contribution in [0.1, 0.15) is 77.3 Å². The van der Waals surface area contributed by atoms with Crippen LogP contribution in [-0.2, 0) is 23.9 Å². The first kappa shape index (κ1) is 31.0.